The van der Waals surface area contributed by atoms with E-state index in [0.29, 0.717) is 5.56 Å². The maximum Gasteiger partial charge on any atom is 0.255 e. The predicted octanol–water partition coefficient (Wildman–Crippen LogP) is 2.73. The number of carbonyl (C=O) groups excluding carboxylic acids is 1. The summed E-state index contributed by atoms with van der Waals surface area (Å²) >= 11 is 0. The van der Waals surface area contributed by atoms with Gasteiger partial charge in [-0.1, -0.05) is 18.2 Å². The van der Waals surface area contributed by atoms with Crippen LogP contribution in [0.4, 0.5) is 11.4 Å². The summed E-state index contributed by atoms with van der Waals surface area (Å²) in [6, 6.07) is 16.0. The Labute approximate surface area is 160 Å². The summed E-state index contributed by atoms with van der Waals surface area (Å²) in [6.45, 7) is 6.00. The van der Waals surface area contributed by atoms with Crippen molar-refractivity contribution in [2.75, 3.05) is 49.5 Å². The molecule has 0 saturated carbocycles. The molecule has 2 aliphatic rings. The maximum absolute atomic E-state index is 12.5. The molecule has 140 valence electrons. The van der Waals surface area contributed by atoms with Gasteiger partial charge in [-0.3, -0.25) is 4.79 Å². The first-order chi connectivity index (χ1) is 13.3. The van der Waals surface area contributed by atoms with Crippen LogP contribution in [-0.2, 0) is 0 Å². The van der Waals surface area contributed by atoms with Crippen molar-refractivity contribution in [3.63, 3.8) is 0 Å². The summed E-state index contributed by atoms with van der Waals surface area (Å²) in [7, 11) is 0. The molecule has 0 atom stereocenters. The lowest BCUT2D eigenvalue weighted by atomic mass is 9.99. The molecular formula is C22H26N4O. The Bertz CT molecular complexity index is 805. The molecule has 0 unspecified atom stereocenters. The van der Waals surface area contributed by atoms with Gasteiger partial charge in [0.05, 0.1) is 0 Å². The molecule has 3 N–H and O–H groups in total. The molecule has 2 aromatic rings. The quantitative estimate of drug-likeness (QED) is 0.783. The first-order valence-corrected chi connectivity index (χ1v) is 9.67. The first-order valence-electron chi connectivity index (χ1n) is 9.67. The molecule has 0 radical (unpaired) electrons. The van der Waals surface area contributed by atoms with Crippen molar-refractivity contribution < 1.29 is 4.79 Å². The molecule has 2 heterocycles. The van der Waals surface area contributed by atoms with E-state index in [0.717, 1.165) is 51.4 Å². The normalized spacial score (nSPS) is 17.3. The van der Waals surface area contributed by atoms with Crippen molar-refractivity contribution in [1.29, 1.82) is 0 Å². The number of nitrogens with one attached hydrogen (secondary N) is 3. The van der Waals surface area contributed by atoms with Gasteiger partial charge in [0.15, 0.2) is 0 Å². The van der Waals surface area contributed by atoms with E-state index in [4.69, 9.17) is 0 Å². The van der Waals surface area contributed by atoms with Gasteiger partial charge in [-0.2, -0.15) is 0 Å². The first kappa shape index (κ1) is 17.8. The van der Waals surface area contributed by atoms with E-state index in [2.05, 4.69) is 39.1 Å². The minimum absolute atomic E-state index is 0.0734. The molecule has 5 heteroatoms. The van der Waals surface area contributed by atoms with E-state index in [1.165, 1.54) is 16.8 Å². The molecule has 2 aromatic carbocycles. The number of hydrogen-bond donors (Lipinski definition) is 3. The Balaban J connectivity index is 1.39. The monoisotopic (exact) mass is 362 g/mol. The van der Waals surface area contributed by atoms with Gasteiger partial charge in [0.25, 0.3) is 5.91 Å². The van der Waals surface area contributed by atoms with Gasteiger partial charge >= 0.3 is 0 Å². The fraction of sp³-hybridized carbons (Fsp3) is 0.318. The summed E-state index contributed by atoms with van der Waals surface area (Å²) in [5.74, 6) is -0.0734. The van der Waals surface area contributed by atoms with Crippen LogP contribution < -0.4 is 20.9 Å². The number of amides is 1. The molecule has 2 aliphatic heterocycles. The van der Waals surface area contributed by atoms with Crippen LogP contribution in [0.1, 0.15) is 22.3 Å². The van der Waals surface area contributed by atoms with E-state index >= 15 is 0 Å². The molecule has 0 aliphatic carbocycles. The molecule has 5 nitrogen and oxygen atoms in total. The zero-order valence-electron chi connectivity index (χ0n) is 15.5. The number of hydrogen-bond acceptors (Lipinski definition) is 4. The van der Waals surface area contributed by atoms with Crippen LogP contribution in [0.5, 0.6) is 0 Å². The highest BCUT2D eigenvalue weighted by Crippen LogP contribution is 2.21. The minimum Gasteiger partial charge on any atom is -0.369 e. The molecule has 1 fully saturated rings. The zero-order chi connectivity index (χ0) is 18.5. The van der Waals surface area contributed by atoms with Crippen molar-refractivity contribution in [2.45, 2.75) is 6.42 Å². The topological polar surface area (TPSA) is 56.4 Å². The fourth-order valence-electron chi connectivity index (χ4n) is 3.60. The molecular weight excluding hydrogens is 336 g/mol. The summed E-state index contributed by atoms with van der Waals surface area (Å²) in [4.78, 5) is 14.9. The number of carbonyl (C=O) groups is 1. The van der Waals surface area contributed by atoms with Gasteiger partial charge < -0.3 is 20.9 Å². The Kier molecular flexibility index (Phi) is 5.51. The van der Waals surface area contributed by atoms with Gasteiger partial charge in [0, 0.05) is 49.7 Å². The van der Waals surface area contributed by atoms with Crippen molar-refractivity contribution in [3.05, 3.63) is 65.7 Å². The van der Waals surface area contributed by atoms with Crippen molar-refractivity contribution in [3.8, 4) is 0 Å². The van der Waals surface area contributed by atoms with E-state index in [-0.39, 0.29) is 5.91 Å². The van der Waals surface area contributed by atoms with Crippen molar-refractivity contribution in [2.24, 2.45) is 0 Å². The third kappa shape index (κ3) is 4.38. The van der Waals surface area contributed by atoms with E-state index < -0.39 is 0 Å². The summed E-state index contributed by atoms with van der Waals surface area (Å²) in [5.41, 5.74) is 5.26. The average Bonchev–Trinajstić information content (AvgIpc) is 2.76. The summed E-state index contributed by atoms with van der Waals surface area (Å²) in [6.07, 6.45) is 3.25. The fourth-order valence-corrected chi connectivity index (χ4v) is 3.60. The smallest absolute Gasteiger partial charge is 0.255 e. The predicted molar refractivity (Wildman–Crippen MR) is 111 cm³/mol. The van der Waals surface area contributed by atoms with Crippen molar-refractivity contribution >= 4 is 22.9 Å². The van der Waals surface area contributed by atoms with Crippen LogP contribution in [0.25, 0.3) is 5.57 Å². The second-order valence-electron chi connectivity index (χ2n) is 7.00. The highest BCUT2D eigenvalue weighted by molar-refractivity contribution is 6.04. The van der Waals surface area contributed by atoms with Crippen LogP contribution in [-0.4, -0.2) is 45.2 Å². The second kappa shape index (κ2) is 8.37. The molecule has 27 heavy (non-hydrogen) atoms. The lowest BCUT2D eigenvalue weighted by Gasteiger charge is -2.29. The Hall–Kier alpha value is -2.63. The highest BCUT2D eigenvalue weighted by atomic mass is 16.1. The molecule has 0 aromatic heterocycles. The Morgan fingerprint density at radius 1 is 0.889 bits per heavy atom. The Morgan fingerprint density at radius 2 is 1.63 bits per heavy atom. The molecule has 1 saturated heterocycles. The summed E-state index contributed by atoms with van der Waals surface area (Å²) < 4.78 is 0. The van der Waals surface area contributed by atoms with Gasteiger partial charge in [-0.05, 0) is 60.5 Å². The Morgan fingerprint density at radius 3 is 2.30 bits per heavy atom. The third-order valence-electron chi connectivity index (χ3n) is 5.19. The zero-order valence-corrected chi connectivity index (χ0v) is 15.5. The highest BCUT2D eigenvalue weighted by Gasteiger charge is 2.12. The number of benzene rings is 2. The van der Waals surface area contributed by atoms with Crippen LogP contribution in [0.15, 0.2) is 54.6 Å². The maximum atomic E-state index is 12.5. The van der Waals surface area contributed by atoms with Gasteiger partial charge in [-0.15, -0.1) is 0 Å². The molecule has 1 amide bonds. The van der Waals surface area contributed by atoms with Crippen LogP contribution in [0.2, 0.25) is 0 Å². The number of rotatable bonds is 4. The van der Waals surface area contributed by atoms with Gasteiger partial charge in [0.2, 0.25) is 0 Å². The second-order valence-corrected chi connectivity index (χ2v) is 7.00. The van der Waals surface area contributed by atoms with Crippen LogP contribution in [0.3, 0.4) is 0 Å². The van der Waals surface area contributed by atoms with Gasteiger partial charge in [-0.25, -0.2) is 0 Å². The standard InChI is InChI=1S/C22H26N4O/c27-22(19-3-1-17(2-4-19)18-9-11-23-12-10-18)25-20-5-7-21(8-6-20)26-15-13-24-14-16-26/h1-9,23-24H,10-16H2,(H,25,27). The SMILES string of the molecule is O=C(Nc1ccc(N2CCNCC2)cc1)c1ccc(C2=CCNCC2)cc1. The average molecular weight is 362 g/mol. The molecule has 0 spiro atoms. The lowest BCUT2D eigenvalue weighted by Crippen LogP contribution is -2.43. The third-order valence-corrected chi connectivity index (χ3v) is 5.19. The van der Waals surface area contributed by atoms with Crippen LogP contribution >= 0.6 is 0 Å². The number of nitrogens with zero attached hydrogens (tertiary/aromatic N) is 1. The van der Waals surface area contributed by atoms with Crippen molar-refractivity contribution in [1.82, 2.24) is 10.6 Å². The minimum atomic E-state index is -0.0734. The summed E-state index contributed by atoms with van der Waals surface area (Å²) in [5, 5.41) is 9.67. The molecule has 0 bridgehead atoms. The lowest BCUT2D eigenvalue weighted by molar-refractivity contribution is 0.102. The van der Waals surface area contributed by atoms with E-state index in [9.17, 15) is 4.79 Å². The number of anilines is 2. The molecule has 4 rings (SSSR count). The largest absolute Gasteiger partial charge is 0.369 e. The van der Waals surface area contributed by atoms with Gasteiger partial charge in [0.1, 0.15) is 0 Å². The van der Waals surface area contributed by atoms with E-state index in [1.54, 1.807) is 0 Å². The van der Waals surface area contributed by atoms with Crippen LogP contribution in [0, 0.1) is 0 Å². The number of piperazine rings is 1. The van der Waals surface area contributed by atoms with E-state index in [1.807, 2.05) is 36.4 Å².